The van der Waals surface area contributed by atoms with Crippen LogP contribution in [0, 0.1) is 0 Å². The molecule has 0 N–H and O–H groups in total. The molecule has 0 saturated carbocycles. The summed E-state index contributed by atoms with van der Waals surface area (Å²) in [5.74, 6) is 0. The second-order valence-electron chi connectivity index (χ2n) is 13.1. The van der Waals surface area contributed by atoms with Crippen molar-refractivity contribution in [3.63, 3.8) is 0 Å². The fraction of sp³-hybridized carbons (Fsp3) is 0. The summed E-state index contributed by atoms with van der Waals surface area (Å²) >= 11 is 0. The van der Waals surface area contributed by atoms with Crippen LogP contribution in [0.1, 0.15) is 11.0 Å². The Morgan fingerprint density at radius 1 is 0.389 bits per heavy atom. The molecule has 10 rings (SSSR count). The van der Waals surface area contributed by atoms with E-state index in [1.54, 1.807) is 0 Å². The van der Waals surface area contributed by atoms with E-state index in [2.05, 4.69) is 36.4 Å². The molecule has 1 heterocycles. The predicted octanol–water partition coefficient (Wildman–Crippen LogP) is 14.9. The van der Waals surface area contributed by atoms with Crippen LogP contribution in [0.5, 0.6) is 0 Å². The molecule has 54 heavy (non-hydrogen) atoms. The number of anilines is 3. The highest BCUT2D eigenvalue weighted by Crippen LogP contribution is 2.47. The van der Waals surface area contributed by atoms with Crippen LogP contribution in [-0.4, -0.2) is 0 Å². The van der Waals surface area contributed by atoms with E-state index >= 15 is 0 Å². The fourth-order valence-corrected chi connectivity index (χ4v) is 7.32. The van der Waals surface area contributed by atoms with Crippen molar-refractivity contribution in [2.45, 2.75) is 0 Å². The lowest BCUT2D eigenvalue weighted by Gasteiger charge is -2.26. The Bertz CT molecular complexity index is 3350. The van der Waals surface area contributed by atoms with E-state index in [1.165, 1.54) is 0 Å². The number of benzene rings is 9. The maximum Gasteiger partial charge on any atom is 0.143 e. The van der Waals surface area contributed by atoms with Crippen LogP contribution < -0.4 is 4.90 Å². The lowest BCUT2D eigenvalue weighted by atomic mass is 9.90. The van der Waals surface area contributed by atoms with Crippen molar-refractivity contribution in [2.24, 2.45) is 0 Å². The Hall–Kier alpha value is -7.16. The number of hydrogen-bond donors (Lipinski definition) is 0. The van der Waals surface area contributed by atoms with Gasteiger partial charge < -0.3 is 9.32 Å². The molecule has 0 aliphatic carbocycles. The van der Waals surface area contributed by atoms with Gasteiger partial charge in [0.25, 0.3) is 0 Å². The molecule has 0 unspecified atom stereocenters. The standard InChI is InChI=1S/C52H35NO/c1-4-15-36(16-5-1)37-27-29-38(30-28-37)39-31-33-42(34-32-39)53(41-19-8-3-9-20-41)49-25-14-26-50-51(49)48-35-47(45-23-12-13-24-46(45)52(48)54-50)44-22-11-10-21-43(44)40-17-6-2-7-18-40/h1-35H/i12D,13D,14D,23D,24D,25D,26D,35D. The van der Waals surface area contributed by atoms with Gasteiger partial charge in [0.2, 0.25) is 0 Å². The van der Waals surface area contributed by atoms with Gasteiger partial charge in [-0.3, -0.25) is 0 Å². The first-order chi connectivity index (χ1) is 30.1. The minimum Gasteiger partial charge on any atom is -0.455 e. The van der Waals surface area contributed by atoms with Crippen molar-refractivity contribution in [1.29, 1.82) is 0 Å². The van der Waals surface area contributed by atoms with Crippen LogP contribution >= 0.6 is 0 Å². The van der Waals surface area contributed by atoms with Gasteiger partial charge in [0.05, 0.1) is 22.0 Å². The van der Waals surface area contributed by atoms with Gasteiger partial charge in [-0.15, -0.1) is 0 Å². The maximum atomic E-state index is 10.1. The normalized spacial score (nSPS) is 13.4. The molecule has 10 aromatic rings. The zero-order valence-electron chi connectivity index (χ0n) is 36.9. The molecule has 0 atom stereocenters. The van der Waals surface area contributed by atoms with Crippen LogP contribution in [0.3, 0.4) is 0 Å². The lowest BCUT2D eigenvalue weighted by molar-refractivity contribution is 0.672. The molecular formula is C52H35NO. The van der Waals surface area contributed by atoms with E-state index in [1.807, 2.05) is 132 Å². The van der Waals surface area contributed by atoms with Gasteiger partial charge in [0.1, 0.15) is 11.2 Å². The number of fused-ring (bicyclic) bond motifs is 5. The molecule has 0 spiro atoms. The van der Waals surface area contributed by atoms with Crippen LogP contribution in [0.15, 0.2) is 217 Å². The lowest BCUT2D eigenvalue weighted by Crippen LogP contribution is -2.10. The van der Waals surface area contributed by atoms with Gasteiger partial charge in [0.15, 0.2) is 0 Å². The average Bonchev–Trinajstić information content (AvgIpc) is 3.72. The molecule has 254 valence electrons. The van der Waals surface area contributed by atoms with E-state index in [0.717, 1.165) is 33.4 Å². The molecule has 0 saturated heterocycles. The smallest absolute Gasteiger partial charge is 0.143 e. The maximum absolute atomic E-state index is 10.1. The number of nitrogens with zero attached hydrogens (tertiary/aromatic N) is 1. The van der Waals surface area contributed by atoms with E-state index in [9.17, 15) is 6.85 Å². The number of rotatable bonds is 7. The molecule has 0 aliphatic heterocycles. The fourth-order valence-electron chi connectivity index (χ4n) is 7.32. The third kappa shape index (κ3) is 5.53. The summed E-state index contributed by atoms with van der Waals surface area (Å²) in [6.07, 6.45) is 0. The highest BCUT2D eigenvalue weighted by Gasteiger charge is 2.22. The summed E-state index contributed by atoms with van der Waals surface area (Å²) < 4.78 is 80.6. The first-order valence-electron chi connectivity index (χ1n) is 21.8. The second kappa shape index (κ2) is 13.4. The molecule has 2 nitrogen and oxygen atoms in total. The van der Waals surface area contributed by atoms with Gasteiger partial charge in [-0.25, -0.2) is 0 Å². The predicted molar refractivity (Wildman–Crippen MR) is 228 cm³/mol. The minimum atomic E-state index is -0.473. The zero-order valence-corrected chi connectivity index (χ0v) is 28.9. The Morgan fingerprint density at radius 2 is 0.907 bits per heavy atom. The first kappa shape index (κ1) is 24.2. The Kier molecular flexibility index (Phi) is 6.01. The number of hydrogen-bond acceptors (Lipinski definition) is 2. The molecule has 0 amide bonds. The molecule has 2 heteroatoms. The number of para-hydroxylation sites is 1. The summed E-state index contributed by atoms with van der Waals surface area (Å²) in [5, 5.41) is 0.540. The highest BCUT2D eigenvalue weighted by atomic mass is 16.3. The quantitative estimate of drug-likeness (QED) is 0.165. The van der Waals surface area contributed by atoms with Crippen molar-refractivity contribution in [3.05, 3.63) is 212 Å². The van der Waals surface area contributed by atoms with Crippen LogP contribution in [0.2, 0.25) is 0 Å². The van der Waals surface area contributed by atoms with Gasteiger partial charge in [-0.05, 0) is 92.3 Å². The molecule has 0 aliphatic rings. The van der Waals surface area contributed by atoms with E-state index in [4.69, 9.17) is 8.53 Å². The zero-order chi connectivity index (χ0) is 42.8. The van der Waals surface area contributed by atoms with E-state index in [0.29, 0.717) is 16.9 Å². The monoisotopic (exact) mass is 697 g/mol. The van der Waals surface area contributed by atoms with Crippen LogP contribution in [0.25, 0.3) is 77.2 Å². The highest BCUT2D eigenvalue weighted by molar-refractivity contribution is 6.23. The van der Waals surface area contributed by atoms with Crippen molar-refractivity contribution in [2.75, 3.05) is 4.90 Å². The van der Waals surface area contributed by atoms with Crippen molar-refractivity contribution in [1.82, 2.24) is 0 Å². The Morgan fingerprint density at radius 3 is 1.57 bits per heavy atom. The molecule has 9 aromatic carbocycles. The minimum absolute atomic E-state index is 0.0185. The second-order valence-corrected chi connectivity index (χ2v) is 13.1. The molecular weight excluding hydrogens is 655 g/mol. The molecule has 1 aromatic heterocycles. The molecule has 0 radical (unpaired) electrons. The summed E-state index contributed by atoms with van der Waals surface area (Å²) in [5.41, 5.74) is 8.04. The molecule has 0 bridgehead atoms. The van der Waals surface area contributed by atoms with Gasteiger partial charge in [0, 0.05) is 22.1 Å². The third-order valence-electron chi connectivity index (χ3n) is 9.89. The summed E-state index contributed by atoms with van der Waals surface area (Å²) in [6, 6.07) is 50.1. The topological polar surface area (TPSA) is 16.4 Å². The molecule has 0 fully saturated rings. The van der Waals surface area contributed by atoms with Gasteiger partial charge in [-0.1, -0.05) is 170 Å². The van der Waals surface area contributed by atoms with E-state index < -0.39 is 18.1 Å². The van der Waals surface area contributed by atoms with Gasteiger partial charge in [-0.2, -0.15) is 0 Å². The van der Waals surface area contributed by atoms with Crippen LogP contribution in [-0.2, 0) is 0 Å². The summed E-state index contributed by atoms with van der Waals surface area (Å²) in [6.45, 7) is 0. The SMILES string of the molecule is [2H]c1c([2H])c(N(c2ccccc2)c2ccc(-c3ccc(-c4ccccc4)cc3)cc2)c2c(oc3c4c([2H])c([2H])c([2H])c([2H])c4c(-c4ccccc4-c4ccccc4)c([2H])c32)c1[2H]. The largest absolute Gasteiger partial charge is 0.455 e. The van der Waals surface area contributed by atoms with Crippen molar-refractivity contribution >= 4 is 49.8 Å². The van der Waals surface area contributed by atoms with E-state index in [-0.39, 0.29) is 74.2 Å². The Labute approximate surface area is 326 Å². The Balaban J connectivity index is 1.27. The third-order valence-corrected chi connectivity index (χ3v) is 9.89. The first-order valence-corrected chi connectivity index (χ1v) is 17.8. The number of furan rings is 1. The van der Waals surface area contributed by atoms with Crippen LogP contribution in [0.4, 0.5) is 17.1 Å². The van der Waals surface area contributed by atoms with Crippen molar-refractivity contribution < 1.29 is 15.4 Å². The summed E-state index contributed by atoms with van der Waals surface area (Å²) in [4.78, 5) is 1.83. The van der Waals surface area contributed by atoms with Crippen molar-refractivity contribution in [3.8, 4) is 44.5 Å². The van der Waals surface area contributed by atoms with Gasteiger partial charge >= 0.3 is 0 Å². The summed E-state index contributed by atoms with van der Waals surface area (Å²) in [7, 11) is 0. The average molecular weight is 698 g/mol.